The van der Waals surface area contributed by atoms with Crippen LogP contribution < -0.4 is 5.32 Å². The van der Waals surface area contributed by atoms with Crippen molar-refractivity contribution in [3.8, 4) is 0 Å². The number of ether oxygens (including phenoxy) is 2. The summed E-state index contributed by atoms with van der Waals surface area (Å²) < 4.78 is 10.8. The van der Waals surface area contributed by atoms with Gasteiger partial charge >= 0.3 is 0 Å². The molecule has 0 spiro atoms. The van der Waals surface area contributed by atoms with Crippen molar-refractivity contribution in [1.29, 1.82) is 0 Å². The van der Waals surface area contributed by atoms with E-state index in [1.165, 1.54) is 12.8 Å². The molecule has 0 saturated carbocycles. The molecule has 0 bridgehead atoms. The zero-order chi connectivity index (χ0) is 10.5. The molecule has 0 aromatic rings. The summed E-state index contributed by atoms with van der Waals surface area (Å²) in [6.07, 6.45) is 4.49. The molecule has 3 heteroatoms. The molecule has 0 radical (unpaired) electrons. The van der Waals surface area contributed by atoms with Crippen LogP contribution in [0, 0.1) is 0 Å². The first-order chi connectivity index (χ1) is 6.91. The Balaban J connectivity index is 2.78. The number of unbranched alkanes of at least 4 members (excludes halogenated alkanes) is 1. The quantitative estimate of drug-likeness (QED) is 0.520. The number of rotatable bonds is 11. The molecule has 0 aliphatic carbocycles. The van der Waals surface area contributed by atoms with Gasteiger partial charge in [0.2, 0.25) is 0 Å². The Bertz CT molecular complexity index is 87.3. The van der Waals surface area contributed by atoms with Crippen LogP contribution in [0.25, 0.3) is 0 Å². The van der Waals surface area contributed by atoms with E-state index >= 15 is 0 Å². The van der Waals surface area contributed by atoms with Crippen molar-refractivity contribution in [1.82, 2.24) is 5.32 Å². The minimum Gasteiger partial charge on any atom is -0.381 e. The highest BCUT2D eigenvalue weighted by atomic mass is 16.5. The molecule has 0 aliphatic heterocycles. The molecule has 3 nitrogen and oxygen atoms in total. The summed E-state index contributed by atoms with van der Waals surface area (Å²) >= 11 is 0. The normalized spacial score (nSPS) is 10.7. The topological polar surface area (TPSA) is 30.5 Å². The zero-order valence-electron chi connectivity index (χ0n) is 9.68. The van der Waals surface area contributed by atoms with Gasteiger partial charge in [0.1, 0.15) is 0 Å². The number of hydrogen-bond acceptors (Lipinski definition) is 3. The second kappa shape index (κ2) is 12.9. The van der Waals surface area contributed by atoms with Gasteiger partial charge in [-0.2, -0.15) is 0 Å². The van der Waals surface area contributed by atoms with Crippen LogP contribution >= 0.6 is 0 Å². The fourth-order valence-corrected chi connectivity index (χ4v) is 1.06. The van der Waals surface area contributed by atoms with Gasteiger partial charge in [-0.15, -0.1) is 0 Å². The van der Waals surface area contributed by atoms with Gasteiger partial charge in [-0.25, -0.2) is 0 Å². The highest BCUT2D eigenvalue weighted by Crippen LogP contribution is 1.91. The van der Waals surface area contributed by atoms with E-state index in [2.05, 4.69) is 12.2 Å². The molecule has 0 saturated heterocycles. The van der Waals surface area contributed by atoms with Crippen LogP contribution in [0.1, 0.15) is 32.6 Å². The van der Waals surface area contributed by atoms with Crippen molar-refractivity contribution in [3.63, 3.8) is 0 Å². The van der Waals surface area contributed by atoms with Crippen molar-refractivity contribution in [2.24, 2.45) is 0 Å². The van der Waals surface area contributed by atoms with Crippen molar-refractivity contribution in [2.75, 3.05) is 40.0 Å². The standard InChI is InChI=1S/C11H25NO2/c1-3-4-8-13-10-6-11-14-9-5-7-12-2/h12H,3-11H2,1-2H3. The minimum atomic E-state index is 0.829. The second-order valence-electron chi connectivity index (χ2n) is 3.39. The first-order valence-corrected chi connectivity index (χ1v) is 5.72. The predicted molar refractivity (Wildman–Crippen MR) is 59.7 cm³/mol. The van der Waals surface area contributed by atoms with Crippen LogP contribution in [0.2, 0.25) is 0 Å². The lowest BCUT2D eigenvalue weighted by Gasteiger charge is -2.04. The third kappa shape index (κ3) is 11.9. The average molecular weight is 203 g/mol. The molecule has 0 fully saturated rings. The van der Waals surface area contributed by atoms with Gasteiger partial charge in [0.15, 0.2) is 0 Å². The van der Waals surface area contributed by atoms with Gasteiger partial charge in [-0.05, 0) is 32.9 Å². The molecule has 0 aromatic carbocycles. The van der Waals surface area contributed by atoms with Gasteiger partial charge in [-0.1, -0.05) is 13.3 Å². The molecular weight excluding hydrogens is 178 g/mol. The monoisotopic (exact) mass is 203 g/mol. The Morgan fingerprint density at radius 2 is 1.43 bits per heavy atom. The summed E-state index contributed by atoms with van der Waals surface area (Å²) in [5, 5.41) is 3.09. The van der Waals surface area contributed by atoms with Gasteiger partial charge in [0, 0.05) is 26.4 Å². The zero-order valence-corrected chi connectivity index (χ0v) is 9.68. The van der Waals surface area contributed by atoms with E-state index in [1.54, 1.807) is 0 Å². The fourth-order valence-electron chi connectivity index (χ4n) is 1.06. The van der Waals surface area contributed by atoms with E-state index in [9.17, 15) is 0 Å². The first-order valence-electron chi connectivity index (χ1n) is 5.72. The summed E-state index contributed by atoms with van der Waals surface area (Å²) in [4.78, 5) is 0. The van der Waals surface area contributed by atoms with Crippen LogP contribution in [0.15, 0.2) is 0 Å². The lowest BCUT2D eigenvalue weighted by atomic mass is 10.4. The number of nitrogens with one attached hydrogen (secondary N) is 1. The van der Waals surface area contributed by atoms with E-state index in [0.717, 1.165) is 45.8 Å². The molecule has 0 heterocycles. The molecular formula is C11H25NO2. The van der Waals surface area contributed by atoms with Gasteiger partial charge < -0.3 is 14.8 Å². The molecule has 0 atom stereocenters. The van der Waals surface area contributed by atoms with Crippen LogP contribution in [0.5, 0.6) is 0 Å². The van der Waals surface area contributed by atoms with E-state index in [1.807, 2.05) is 7.05 Å². The first kappa shape index (κ1) is 13.9. The lowest BCUT2D eigenvalue weighted by molar-refractivity contribution is 0.0808. The van der Waals surface area contributed by atoms with Gasteiger partial charge in [0.05, 0.1) is 0 Å². The van der Waals surface area contributed by atoms with E-state index in [4.69, 9.17) is 9.47 Å². The highest BCUT2D eigenvalue weighted by molar-refractivity contribution is 4.40. The molecule has 0 amide bonds. The molecule has 14 heavy (non-hydrogen) atoms. The van der Waals surface area contributed by atoms with Crippen molar-refractivity contribution < 1.29 is 9.47 Å². The van der Waals surface area contributed by atoms with Crippen LogP contribution in [-0.4, -0.2) is 40.0 Å². The third-order valence-corrected chi connectivity index (χ3v) is 1.94. The van der Waals surface area contributed by atoms with Gasteiger partial charge in [-0.3, -0.25) is 0 Å². The molecule has 1 N–H and O–H groups in total. The molecule has 0 aliphatic rings. The lowest BCUT2D eigenvalue weighted by Crippen LogP contribution is -2.11. The van der Waals surface area contributed by atoms with E-state index in [0.29, 0.717) is 0 Å². The summed E-state index contributed by atoms with van der Waals surface area (Å²) in [5.41, 5.74) is 0. The summed E-state index contributed by atoms with van der Waals surface area (Å²) in [6, 6.07) is 0. The molecule has 0 unspecified atom stereocenters. The largest absolute Gasteiger partial charge is 0.381 e. The Hall–Kier alpha value is -0.120. The highest BCUT2D eigenvalue weighted by Gasteiger charge is 1.90. The van der Waals surface area contributed by atoms with Crippen LogP contribution in [0.3, 0.4) is 0 Å². The van der Waals surface area contributed by atoms with Crippen LogP contribution in [0.4, 0.5) is 0 Å². The van der Waals surface area contributed by atoms with Gasteiger partial charge in [0.25, 0.3) is 0 Å². The maximum absolute atomic E-state index is 5.42. The minimum absolute atomic E-state index is 0.829. The summed E-state index contributed by atoms with van der Waals surface area (Å²) in [6.45, 7) is 6.63. The molecule has 0 aromatic heterocycles. The van der Waals surface area contributed by atoms with Crippen LogP contribution in [-0.2, 0) is 9.47 Å². The molecule has 86 valence electrons. The number of hydrogen-bond donors (Lipinski definition) is 1. The van der Waals surface area contributed by atoms with Crippen molar-refractivity contribution in [2.45, 2.75) is 32.6 Å². The Labute approximate surface area is 88.2 Å². The fraction of sp³-hybridized carbons (Fsp3) is 1.00. The Morgan fingerprint density at radius 3 is 2.00 bits per heavy atom. The summed E-state index contributed by atoms with van der Waals surface area (Å²) in [5.74, 6) is 0. The molecule has 0 rings (SSSR count). The SMILES string of the molecule is CCCCOCCCOCCCNC. The van der Waals surface area contributed by atoms with Crippen molar-refractivity contribution >= 4 is 0 Å². The predicted octanol–water partition coefficient (Wildman–Crippen LogP) is 1.82. The van der Waals surface area contributed by atoms with E-state index < -0.39 is 0 Å². The third-order valence-electron chi connectivity index (χ3n) is 1.94. The Morgan fingerprint density at radius 1 is 0.857 bits per heavy atom. The summed E-state index contributed by atoms with van der Waals surface area (Å²) in [7, 11) is 1.96. The Kier molecular flexibility index (Phi) is 12.8. The van der Waals surface area contributed by atoms with E-state index in [-0.39, 0.29) is 0 Å². The maximum atomic E-state index is 5.42. The maximum Gasteiger partial charge on any atom is 0.0487 e. The second-order valence-corrected chi connectivity index (χ2v) is 3.39. The van der Waals surface area contributed by atoms with Crippen molar-refractivity contribution in [3.05, 3.63) is 0 Å². The smallest absolute Gasteiger partial charge is 0.0487 e. The average Bonchev–Trinajstić information content (AvgIpc) is 2.21.